The van der Waals surface area contributed by atoms with E-state index >= 15 is 8.78 Å². The monoisotopic (exact) mass is 426 g/mol. The second-order valence-electron chi connectivity index (χ2n) is 7.59. The van der Waals surface area contributed by atoms with Gasteiger partial charge in [0.2, 0.25) is 0 Å². The van der Waals surface area contributed by atoms with Gasteiger partial charge in [0.05, 0.1) is 13.2 Å². The van der Waals surface area contributed by atoms with Crippen LogP contribution in [-0.4, -0.2) is 40.1 Å². The van der Waals surface area contributed by atoms with Crippen molar-refractivity contribution in [2.75, 3.05) is 13.7 Å². The van der Waals surface area contributed by atoms with Gasteiger partial charge in [0.1, 0.15) is 16.5 Å². The van der Waals surface area contributed by atoms with Gasteiger partial charge < -0.3 is 14.0 Å². The molecular weight excluding hydrogens is 398 g/mol. The molecule has 2 rings (SSSR count). The van der Waals surface area contributed by atoms with Gasteiger partial charge in [-0.25, -0.2) is 0 Å². The fourth-order valence-corrected chi connectivity index (χ4v) is 3.45. The van der Waals surface area contributed by atoms with Crippen molar-refractivity contribution in [1.82, 2.24) is 9.71 Å². The molecule has 0 bridgehead atoms. The van der Waals surface area contributed by atoms with E-state index in [1.54, 1.807) is 26.8 Å². The number of benzene rings is 1. The van der Waals surface area contributed by atoms with E-state index in [2.05, 4.69) is 9.71 Å². The predicted molar refractivity (Wildman–Crippen MR) is 110 cm³/mol. The van der Waals surface area contributed by atoms with Crippen LogP contribution in [-0.2, 0) is 33.4 Å². The minimum atomic E-state index is -3.43. The van der Waals surface area contributed by atoms with Crippen molar-refractivity contribution >= 4 is 11.4 Å². The lowest BCUT2D eigenvalue weighted by atomic mass is 10.0. The van der Waals surface area contributed by atoms with Gasteiger partial charge in [-0.2, -0.15) is 8.78 Å². The molecule has 29 heavy (non-hydrogen) atoms. The fourth-order valence-electron chi connectivity index (χ4n) is 2.56. The molecule has 1 heterocycles. The molecule has 8 heteroatoms. The van der Waals surface area contributed by atoms with Crippen LogP contribution in [0.15, 0.2) is 54.7 Å². The average molecular weight is 427 g/mol. The number of alkyl halides is 2. The lowest BCUT2D eigenvalue weighted by molar-refractivity contribution is -0.110. The number of methoxy groups -OCH3 is 1. The van der Waals surface area contributed by atoms with Gasteiger partial charge in [-0.3, -0.25) is 4.98 Å². The highest BCUT2D eigenvalue weighted by Gasteiger charge is 2.51. The predicted octanol–water partition coefficient (Wildman–Crippen LogP) is 3.83. The standard InChI is InChI=1S/C21H28F2N2O3S/c1-20(2,3)29(26)25-19(21(22,23)18-12-8-9-13-24-18)17(27-4)15-28-14-16-10-6-5-7-11-16/h5-13,17,19,25H,14-15H2,1-4H3. The number of nitrogens with zero attached hydrogens (tertiary/aromatic N) is 1. The van der Waals surface area contributed by atoms with Crippen molar-refractivity contribution in [1.29, 1.82) is 0 Å². The first-order chi connectivity index (χ1) is 13.7. The van der Waals surface area contributed by atoms with Crippen molar-refractivity contribution in [3.63, 3.8) is 0 Å². The molecule has 3 atom stereocenters. The molecule has 2 aromatic rings. The van der Waals surface area contributed by atoms with Gasteiger partial charge in [-0.1, -0.05) is 36.4 Å². The summed E-state index contributed by atoms with van der Waals surface area (Å²) in [6.07, 6.45) is 0.247. The van der Waals surface area contributed by atoms with Gasteiger partial charge in [0, 0.05) is 24.7 Å². The Morgan fingerprint density at radius 1 is 1.10 bits per heavy atom. The van der Waals surface area contributed by atoms with Crippen molar-refractivity contribution in [3.8, 4) is 0 Å². The number of nitrogens with one attached hydrogen (secondary N) is 1. The highest BCUT2D eigenvalue weighted by molar-refractivity contribution is 7.90. The number of hydrogen-bond acceptors (Lipinski definition) is 5. The molecule has 0 radical (unpaired) electrons. The van der Waals surface area contributed by atoms with Gasteiger partial charge >= 0.3 is 5.92 Å². The van der Waals surface area contributed by atoms with E-state index in [0.717, 1.165) is 5.56 Å². The number of halogens is 2. The Balaban J connectivity index is 2.21. The second kappa shape index (κ2) is 10.4. The van der Waals surface area contributed by atoms with Crippen LogP contribution in [0.3, 0.4) is 0 Å². The van der Waals surface area contributed by atoms with Crippen LogP contribution >= 0.6 is 0 Å². The maximum Gasteiger partial charge on any atom is 0.311 e. The van der Waals surface area contributed by atoms with Crippen molar-refractivity contribution < 1.29 is 22.8 Å². The van der Waals surface area contributed by atoms with Crippen LogP contribution in [0.25, 0.3) is 0 Å². The summed E-state index contributed by atoms with van der Waals surface area (Å²) in [6.45, 7) is 5.27. The molecule has 1 N–H and O–H groups in total. The summed E-state index contributed by atoms with van der Waals surface area (Å²) in [4.78, 5) is 3.80. The average Bonchev–Trinajstić information content (AvgIpc) is 2.70. The summed E-state index contributed by atoms with van der Waals surface area (Å²) in [5, 5.41) is 0. The summed E-state index contributed by atoms with van der Waals surface area (Å²) in [5.41, 5.74) is 0.495. The van der Waals surface area contributed by atoms with Crippen molar-refractivity contribution in [2.45, 2.75) is 50.2 Å². The van der Waals surface area contributed by atoms with Gasteiger partial charge in [-0.05, 0) is 38.5 Å². The Bertz CT molecular complexity index is 730. The third-order valence-electron chi connectivity index (χ3n) is 4.26. The van der Waals surface area contributed by atoms with Crippen LogP contribution in [0.5, 0.6) is 0 Å². The minimum absolute atomic E-state index is 0.104. The molecular formula is C21H28F2N2O3S. The smallest absolute Gasteiger partial charge is 0.311 e. The van der Waals surface area contributed by atoms with Gasteiger partial charge in [-0.15, -0.1) is 4.72 Å². The molecule has 160 valence electrons. The highest BCUT2D eigenvalue weighted by Crippen LogP contribution is 2.34. The first-order valence-electron chi connectivity index (χ1n) is 9.28. The Morgan fingerprint density at radius 3 is 2.31 bits per heavy atom. The maximum absolute atomic E-state index is 15.4. The number of ether oxygens (including phenoxy) is 2. The summed E-state index contributed by atoms with van der Waals surface area (Å²) in [7, 11) is 1.33. The first kappa shape index (κ1) is 23.7. The van der Waals surface area contributed by atoms with Gasteiger partial charge in [0.15, 0.2) is 6.04 Å². The molecule has 0 aliphatic heterocycles. The topological polar surface area (TPSA) is 66.4 Å². The maximum atomic E-state index is 15.4. The Labute approximate surface area is 174 Å². The molecule has 0 amide bonds. The van der Waals surface area contributed by atoms with Gasteiger partial charge in [0.25, 0.3) is 0 Å². The summed E-state index contributed by atoms with van der Waals surface area (Å²) < 4.78 is 56.2. The highest BCUT2D eigenvalue weighted by atomic mass is 32.2. The summed E-state index contributed by atoms with van der Waals surface area (Å²) >= 11 is -1.74. The lowest BCUT2D eigenvalue weighted by Gasteiger charge is -2.35. The number of rotatable bonds is 10. The molecule has 5 nitrogen and oxygen atoms in total. The number of hydrogen-bond donors (Lipinski definition) is 1. The van der Waals surface area contributed by atoms with E-state index in [4.69, 9.17) is 9.47 Å². The lowest BCUT2D eigenvalue weighted by Crippen LogP contribution is -2.58. The van der Waals surface area contributed by atoms with E-state index in [0.29, 0.717) is 0 Å². The van der Waals surface area contributed by atoms with Crippen LogP contribution in [0.1, 0.15) is 32.0 Å². The molecule has 1 aromatic heterocycles. The Morgan fingerprint density at radius 2 is 1.76 bits per heavy atom. The quantitative estimate of drug-likeness (QED) is 0.585. The third kappa shape index (κ3) is 6.72. The molecule has 0 spiro atoms. The van der Waals surface area contributed by atoms with Crippen molar-refractivity contribution in [3.05, 3.63) is 66.0 Å². The molecule has 0 fully saturated rings. The Hall–Kier alpha value is -1.58. The molecule has 3 unspecified atom stereocenters. The fraction of sp³-hybridized carbons (Fsp3) is 0.476. The van der Waals surface area contributed by atoms with Crippen molar-refractivity contribution in [2.24, 2.45) is 0 Å². The zero-order valence-corrected chi connectivity index (χ0v) is 17.9. The zero-order valence-electron chi connectivity index (χ0n) is 17.1. The van der Waals surface area contributed by atoms with E-state index in [9.17, 15) is 4.55 Å². The van der Waals surface area contributed by atoms with Crippen LogP contribution in [0.4, 0.5) is 8.78 Å². The second-order valence-corrected chi connectivity index (χ2v) is 9.59. The van der Waals surface area contributed by atoms with E-state index in [-0.39, 0.29) is 13.2 Å². The SMILES string of the molecule is COC(COCc1ccccc1)C(N[S+]([O-])C(C)(C)C)C(F)(F)c1ccccn1. The van der Waals surface area contributed by atoms with E-state index in [1.807, 2.05) is 30.3 Å². The number of aromatic nitrogens is 1. The molecule has 0 aliphatic rings. The van der Waals surface area contributed by atoms with Crippen LogP contribution in [0, 0.1) is 0 Å². The van der Waals surface area contributed by atoms with Crippen LogP contribution in [0.2, 0.25) is 0 Å². The molecule has 0 saturated heterocycles. The van der Waals surface area contributed by atoms with Crippen LogP contribution < -0.4 is 4.72 Å². The molecule has 1 aromatic carbocycles. The van der Waals surface area contributed by atoms with E-state index in [1.165, 1.54) is 25.4 Å². The third-order valence-corrected chi connectivity index (χ3v) is 5.84. The summed E-state index contributed by atoms with van der Waals surface area (Å²) in [5.74, 6) is -3.43. The Kier molecular flexibility index (Phi) is 8.54. The number of pyridine rings is 1. The largest absolute Gasteiger partial charge is 0.598 e. The normalized spacial score (nSPS) is 15.7. The zero-order chi connectivity index (χ0) is 21.5. The minimum Gasteiger partial charge on any atom is -0.598 e. The van der Waals surface area contributed by atoms with E-state index < -0.39 is 39.9 Å². The molecule has 0 saturated carbocycles. The molecule has 0 aliphatic carbocycles. The first-order valence-corrected chi connectivity index (χ1v) is 10.4. The summed E-state index contributed by atoms with van der Waals surface area (Å²) in [6, 6.07) is 12.1.